The van der Waals surface area contributed by atoms with E-state index in [1.807, 2.05) is 6.08 Å². The van der Waals surface area contributed by atoms with Crippen LogP contribution in [0.2, 0.25) is 5.02 Å². The summed E-state index contributed by atoms with van der Waals surface area (Å²) in [4.78, 5) is 68.9. The van der Waals surface area contributed by atoms with E-state index in [0.29, 0.717) is 10.0 Å². The fraction of sp³-hybridized carbons (Fsp3) is 0.387. The molecule has 0 spiro atoms. The number of anilines is 1. The van der Waals surface area contributed by atoms with Crippen molar-refractivity contribution in [1.82, 2.24) is 4.90 Å². The first kappa shape index (κ1) is 30.3. The average molecular weight is 690 g/mol. The van der Waals surface area contributed by atoms with Crippen LogP contribution in [-0.2, 0) is 24.0 Å². The largest absolute Gasteiger partial charge is 0.504 e. The number of likely N-dealkylation sites (tertiary alicyclic amines) is 1. The molecule has 44 heavy (non-hydrogen) atoms. The second-order valence-electron chi connectivity index (χ2n) is 11.8. The Hall–Kier alpha value is -3.77. The van der Waals surface area contributed by atoms with Crippen molar-refractivity contribution in [3.8, 4) is 11.5 Å². The van der Waals surface area contributed by atoms with Crippen LogP contribution in [0.3, 0.4) is 0 Å². The highest BCUT2D eigenvalue weighted by Crippen LogP contribution is 2.65. The van der Waals surface area contributed by atoms with Gasteiger partial charge in [0.1, 0.15) is 5.82 Å². The lowest BCUT2D eigenvalue weighted by Gasteiger charge is -2.49. The van der Waals surface area contributed by atoms with Gasteiger partial charge in [-0.15, -0.1) is 0 Å². The Morgan fingerprint density at radius 3 is 2.52 bits per heavy atom. The Labute approximate surface area is 264 Å². The molecule has 2 saturated heterocycles. The summed E-state index contributed by atoms with van der Waals surface area (Å²) in [6.45, 7) is 1.37. The van der Waals surface area contributed by atoms with Gasteiger partial charge in [-0.25, -0.2) is 9.29 Å². The van der Waals surface area contributed by atoms with Gasteiger partial charge in [-0.05, 0) is 56.0 Å². The van der Waals surface area contributed by atoms with Crippen LogP contribution in [0.5, 0.6) is 11.5 Å². The number of halogens is 3. The van der Waals surface area contributed by atoms with E-state index in [1.54, 1.807) is 19.1 Å². The van der Waals surface area contributed by atoms with Gasteiger partial charge in [0.05, 0.1) is 47.4 Å². The summed E-state index contributed by atoms with van der Waals surface area (Å²) in [5.74, 6) is -8.36. The summed E-state index contributed by atoms with van der Waals surface area (Å²) in [6, 6.07) is 6.73. The summed E-state index contributed by atoms with van der Waals surface area (Å²) in [6.07, 6.45) is 1.62. The molecule has 2 aliphatic carbocycles. The van der Waals surface area contributed by atoms with E-state index in [4.69, 9.17) is 16.3 Å². The topological polar surface area (TPSA) is 142 Å². The van der Waals surface area contributed by atoms with E-state index in [9.17, 15) is 38.6 Å². The molecule has 13 heteroatoms. The quantitative estimate of drug-likeness (QED) is 0.330. The number of rotatable bonds is 6. The molecule has 2 aliphatic heterocycles. The summed E-state index contributed by atoms with van der Waals surface area (Å²) in [5.41, 5.74) is -0.469. The van der Waals surface area contributed by atoms with Gasteiger partial charge in [0.15, 0.2) is 11.5 Å². The molecular weight excluding hydrogens is 663 g/mol. The maximum Gasteiger partial charge on any atom is 0.305 e. The standard InChI is InChI=1S/C31H27BrClFN2O8/c1-31-19(28(41)36(30(31)43)14-3-6-21(34)20(33)11-14)12-17-15(25(31)18-9-13(32)10-22(44-2)26(18)39)4-5-16-24(17)29(42)35(27(16)40)8-7-23(37)38/h3-4,6,9-11,16-17,19,24-25,39H,5,7-8,12H2,1-2H3,(H,37,38)/t16-,17+,19-,24-,25+,31+/m0/s1. The Balaban J connectivity index is 1.52. The Morgan fingerprint density at radius 2 is 1.86 bits per heavy atom. The highest BCUT2D eigenvalue weighted by atomic mass is 79.9. The number of carboxylic acid groups (broad SMARTS) is 1. The van der Waals surface area contributed by atoms with Crippen LogP contribution in [0.1, 0.15) is 37.7 Å². The van der Waals surface area contributed by atoms with Gasteiger partial charge in [0.25, 0.3) is 0 Å². The van der Waals surface area contributed by atoms with Crippen LogP contribution in [0.15, 0.2) is 46.5 Å². The molecule has 10 nitrogen and oxygen atoms in total. The normalized spacial score (nSPS) is 29.4. The van der Waals surface area contributed by atoms with Crippen molar-refractivity contribution >= 4 is 62.8 Å². The fourth-order valence-corrected chi connectivity index (χ4v) is 8.32. The van der Waals surface area contributed by atoms with Crippen molar-refractivity contribution in [3.05, 3.63) is 62.9 Å². The van der Waals surface area contributed by atoms with Crippen LogP contribution in [0.4, 0.5) is 10.1 Å². The van der Waals surface area contributed by atoms with Gasteiger partial charge in [-0.3, -0.25) is 28.9 Å². The summed E-state index contributed by atoms with van der Waals surface area (Å²) >= 11 is 9.47. The lowest BCUT2D eigenvalue weighted by molar-refractivity contribution is -0.142. The summed E-state index contributed by atoms with van der Waals surface area (Å²) < 4.78 is 20.0. The first-order valence-electron chi connectivity index (χ1n) is 14.0. The first-order valence-corrected chi connectivity index (χ1v) is 15.1. The maximum atomic E-state index is 14.5. The number of benzene rings is 2. The fourth-order valence-electron chi connectivity index (χ4n) is 7.69. The third-order valence-corrected chi connectivity index (χ3v) is 10.4. The molecule has 0 radical (unpaired) electrons. The summed E-state index contributed by atoms with van der Waals surface area (Å²) in [5, 5.41) is 20.3. The third-order valence-electron chi connectivity index (χ3n) is 9.68. The zero-order valence-electron chi connectivity index (χ0n) is 23.6. The van der Waals surface area contributed by atoms with Crippen molar-refractivity contribution in [2.45, 2.75) is 32.1 Å². The molecule has 2 heterocycles. The molecule has 6 rings (SSSR count). The Morgan fingerprint density at radius 1 is 1.14 bits per heavy atom. The third kappa shape index (κ3) is 4.28. The second-order valence-corrected chi connectivity index (χ2v) is 13.1. The number of allylic oxidation sites excluding steroid dienone is 2. The number of hydrogen-bond donors (Lipinski definition) is 2. The maximum absolute atomic E-state index is 14.5. The minimum absolute atomic E-state index is 0.0493. The number of nitrogens with zero attached hydrogens (tertiary/aromatic N) is 2. The molecule has 4 aliphatic rings. The van der Waals surface area contributed by atoms with Crippen molar-refractivity contribution in [2.24, 2.45) is 29.1 Å². The van der Waals surface area contributed by atoms with Crippen molar-refractivity contribution in [2.75, 3.05) is 18.6 Å². The number of phenols is 1. The molecule has 230 valence electrons. The van der Waals surface area contributed by atoms with E-state index in [1.165, 1.54) is 19.2 Å². The number of fused-ring (bicyclic) bond motifs is 4. The number of aromatic hydroxyl groups is 1. The number of imide groups is 2. The number of carboxylic acids is 1. The SMILES string of the molecule is COc1cc(Br)cc([C@H]2C3=CC[C@@H]4C(=O)N(CCC(=O)O)C(=O)[C@@H]4[C@@H]3C[C@H]3C(=O)N(c4ccc(F)c(Cl)c4)C(=O)[C@@]23C)c1O. The van der Waals surface area contributed by atoms with Crippen LogP contribution >= 0.6 is 27.5 Å². The van der Waals surface area contributed by atoms with Crippen LogP contribution in [0.25, 0.3) is 0 Å². The van der Waals surface area contributed by atoms with Gasteiger partial charge in [-0.1, -0.05) is 39.2 Å². The monoisotopic (exact) mass is 688 g/mol. The highest BCUT2D eigenvalue weighted by Gasteiger charge is 2.68. The zero-order valence-corrected chi connectivity index (χ0v) is 25.9. The molecule has 3 fully saturated rings. The number of carbonyl (C=O) groups is 5. The van der Waals surface area contributed by atoms with Crippen LogP contribution in [0, 0.1) is 34.9 Å². The van der Waals surface area contributed by atoms with Gasteiger partial charge in [0.2, 0.25) is 23.6 Å². The van der Waals surface area contributed by atoms with Crippen LogP contribution in [-0.4, -0.2) is 58.4 Å². The Kier molecular flexibility index (Phi) is 7.35. The predicted molar refractivity (Wildman–Crippen MR) is 157 cm³/mol. The smallest absolute Gasteiger partial charge is 0.305 e. The first-order chi connectivity index (χ1) is 20.8. The molecule has 2 N–H and O–H groups in total. The lowest BCUT2D eigenvalue weighted by atomic mass is 9.51. The summed E-state index contributed by atoms with van der Waals surface area (Å²) in [7, 11) is 1.38. The minimum atomic E-state index is -1.47. The number of carbonyl (C=O) groups excluding carboxylic acids is 4. The molecule has 2 aromatic carbocycles. The van der Waals surface area contributed by atoms with Crippen LogP contribution < -0.4 is 9.64 Å². The van der Waals surface area contributed by atoms with Crippen molar-refractivity contribution < 1.29 is 43.3 Å². The van der Waals surface area contributed by atoms with E-state index in [0.717, 1.165) is 15.9 Å². The highest BCUT2D eigenvalue weighted by molar-refractivity contribution is 9.10. The second kappa shape index (κ2) is 10.7. The van der Waals surface area contributed by atoms with Gasteiger partial charge in [-0.2, -0.15) is 0 Å². The van der Waals surface area contributed by atoms with Crippen molar-refractivity contribution in [3.63, 3.8) is 0 Å². The average Bonchev–Trinajstić information content (AvgIpc) is 3.33. The molecule has 6 atom stereocenters. The molecule has 0 unspecified atom stereocenters. The van der Waals surface area contributed by atoms with E-state index in [2.05, 4.69) is 15.9 Å². The number of aliphatic carboxylic acids is 1. The number of phenolic OH excluding ortho intramolecular Hbond substituents is 1. The van der Waals surface area contributed by atoms with E-state index in [-0.39, 0.29) is 47.2 Å². The number of methoxy groups -OCH3 is 1. The van der Waals surface area contributed by atoms with Gasteiger partial charge >= 0.3 is 5.97 Å². The number of amides is 4. The predicted octanol–water partition coefficient (Wildman–Crippen LogP) is 4.66. The van der Waals surface area contributed by atoms with Gasteiger partial charge in [0, 0.05) is 22.5 Å². The molecule has 4 amide bonds. The number of hydrogen-bond acceptors (Lipinski definition) is 7. The van der Waals surface area contributed by atoms with Crippen molar-refractivity contribution in [1.29, 1.82) is 0 Å². The molecule has 0 bridgehead atoms. The van der Waals surface area contributed by atoms with E-state index >= 15 is 0 Å². The van der Waals surface area contributed by atoms with Gasteiger partial charge < -0.3 is 14.9 Å². The van der Waals surface area contributed by atoms with E-state index < -0.39 is 76.8 Å². The molecule has 1 saturated carbocycles. The number of ether oxygens (including phenoxy) is 1. The molecule has 0 aromatic heterocycles. The minimum Gasteiger partial charge on any atom is -0.504 e. The molecule has 2 aromatic rings. The Bertz CT molecular complexity index is 1700. The lowest BCUT2D eigenvalue weighted by Crippen LogP contribution is -2.49. The zero-order chi connectivity index (χ0) is 31.8. The molecular formula is C31H27BrClFN2O8.